The first-order valence-corrected chi connectivity index (χ1v) is 8.25. The molecule has 7 heteroatoms. The van der Waals surface area contributed by atoms with Gasteiger partial charge in [-0.3, -0.25) is 4.79 Å². The van der Waals surface area contributed by atoms with E-state index >= 15 is 0 Å². The second kappa shape index (κ2) is 7.42. The van der Waals surface area contributed by atoms with Crippen LogP contribution >= 0.6 is 0 Å². The highest BCUT2D eigenvalue weighted by molar-refractivity contribution is 5.75. The number of hydrogen-bond donors (Lipinski definition) is 0. The number of amides is 1. The lowest BCUT2D eigenvalue weighted by atomic mass is 10.1. The van der Waals surface area contributed by atoms with E-state index in [0.29, 0.717) is 5.56 Å². The van der Waals surface area contributed by atoms with E-state index in [1.165, 1.54) is 30.7 Å². The Hall–Kier alpha value is -2.44. The van der Waals surface area contributed by atoms with Gasteiger partial charge in [-0.25, -0.2) is 9.18 Å². The summed E-state index contributed by atoms with van der Waals surface area (Å²) in [4.78, 5) is 26.1. The van der Waals surface area contributed by atoms with Crippen LogP contribution < -0.4 is 5.76 Å². The van der Waals surface area contributed by atoms with E-state index in [1.807, 2.05) is 0 Å². The van der Waals surface area contributed by atoms with Crippen molar-refractivity contribution in [2.75, 3.05) is 13.1 Å². The van der Waals surface area contributed by atoms with E-state index in [4.69, 9.17) is 4.42 Å². The molecule has 1 aromatic heterocycles. The molecule has 2 heterocycles. The van der Waals surface area contributed by atoms with Gasteiger partial charge in [0.1, 0.15) is 12.4 Å². The summed E-state index contributed by atoms with van der Waals surface area (Å²) in [5, 5.41) is 4.05. The van der Waals surface area contributed by atoms with Gasteiger partial charge in [0.25, 0.3) is 0 Å². The Morgan fingerprint density at radius 3 is 2.38 bits per heavy atom. The molecule has 1 aromatic carbocycles. The summed E-state index contributed by atoms with van der Waals surface area (Å²) in [7, 11) is 0. The summed E-state index contributed by atoms with van der Waals surface area (Å²) in [5.41, 5.74) is 0.492. The number of hydrogen-bond acceptors (Lipinski definition) is 4. The zero-order chi connectivity index (χ0) is 16.9. The van der Waals surface area contributed by atoms with Crippen LogP contribution in [0.25, 0.3) is 11.5 Å². The summed E-state index contributed by atoms with van der Waals surface area (Å²) in [5.74, 6) is -1.11. The molecule has 1 aliphatic rings. The lowest BCUT2D eigenvalue weighted by Crippen LogP contribution is -2.38. The average molecular weight is 333 g/mol. The lowest BCUT2D eigenvalue weighted by molar-refractivity contribution is -0.132. The second-order valence-electron chi connectivity index (χ2n) is 5.99. The van der Waals surface area contributed by atoms with Gasteiger partial charge in [0.2, 0.25) is 11.8 Å². The molecule has 0 atom stereocenters. The fraction of sp³-hybridized carbons (Fsp3) is 0.471. The van der Waals surface area contributed by atoms with Crippen LogP contribution in [0.1, 0.15) is 32.1 Å². The highest BCUT2D eigenvalue weighted by Crippen LogP contribution is 2.16. The predicted octanol–water partition coefficient (Wildman–Crippen LogP) is 2.44. The van der Waals surface area contributed by atoms with Crippen LogP contribution in [0.2, 0.25) is 0 Å². The molecule has 0 bridgehead atoms. The van der Waals surface area contributed by atoms with Crippen LogP contribution in [-0.4, -0.2) is 33.7 Å². The third-order valence-corrected chi connectivity index (χ3v) is 4.19. The van der Waals surface area contributed by atoms with Crippen LogP contribution in [-0.2, 0) is 11.3 Å². The molecular weight excluding hydrogens is 313 g/mol. The van der Waals surface area contributed by atoms with E-state index in [1.54, 1.807) is 4.90 Å². The maximum Gasteiger partial charge on any atom is 0.437 e. The second-order valence-corrected chi connectivity index (χ2v) is 5.99. The molecule has 6 nitrogen and oxygen atoms in total. The Labute approximate surface area is 138 Å². The molecule has 1 amide bonds. The van der Waals surface area contributed by atoms with Gasteiger partial charge in [0.05, 0.1) is 0 Å². The van der Waals surface area contributed by atoms with E-state index in [-0.39, 0.29) is 24.2 Å². The summed E-state index contributed by atoms with van der Waals surface area (Å²) < 4.78 is 19.1. The van der Waals surface area contributed by atoms with E-state index < -0.39 is 5.76 Å². The van der Waals surface area contributed by atoms with Gasteiger partial charge in [0, 0.05) is 18.7 Å². The number of nitrogens with zero attached hydrogens (tertiary/aromatic N) is 3. The molecule has 0 N–H and O–H groups in total. The van der Waals surface area contributed by atoms with Crippen molar-refractivity contribution in [1.82, 2.24) is 14.7 Å². The smallest absolute Gasteiger partial charge is 0.388 e. The lowest BCUT2D eigenvalue weighted by Gasteiger charge is -2.24. The van der Waals surface area contributed by atoms with Crippen molar-refractivity contribution >= 4 is 5.91 Å². The topological polar surface area (TPSA) is 68.3 Å². The van der Waals surface area contributed by atoms with Gasteiger partial charge < -0.3 is 9.32 Å². The number of rotatable bonds is 3. The number of likely N-dealkylation sites (tertiary alicyclic amines) is 1. The normalized spacial score (nSPS) is 15.8. The van der Waals surface area contributed by atoms with Gasteiger partial charge in [-0.2, -0.15) is 4.68 Å². The third kappa shape index (κ3) is 3.90. The molecule has 0 radical (unpaired) electrons. The van der Waals surface area contributed by atoms with Gasteiger partial charge in [-0.1, -0.05) is 19.3 Å². The molecule has 1 aliphatic heterocycles. The molecule has 1 fully saturated rings. The van der Waals surface area contributed by atoms with E-state index in [9.17, 15) is 14.0 Å². The molecule has 1 saturated heterocycles. The van der Waals surface area contributed by atoms with Crippen molar-refractivity contribution in [3.05, 3.63) is 40.6 Å². The Balaban J connectivity index is 1.71. The zero-order valence-corrected chi connectivity index (χ0v) is 13.4. The highest BCUT2D eigenvalue weighted by atomic mass is 19.1. The molecule has 0 aliphatic carbocycles. The first-order chi connectivity index (χ1) is 11.6. The van der Waals surface area contributed by atoms with Crippen LogP contribution in [0.4, 0.5) is 4.39 Å². The minimum absolute atomic E-state index is 0.0838. The number of aromatic nitrogens is 2. The maximum absolute atomic E-state index is 13.0. The van der Waals surface area contributed by atoms with Gasteiger partial charge in [0.15, 0.2) is 0 Å². The molecule has 0 unspecified atom stereocenters. The molecule has 2 aromatic rings. The molecule has 128 valence electrons. The van der Waals surface area contributed by atoms with Gasteiger partial charge in [-0.15, -0.1) is 5.10 Å². The number of carbonyl (C=O) groups excluding carboxylic acids is 1. The summed E-state index contributed by atoms with van der Waals surface area (Å²) in [6.07, 6.45) is 5.44. The summed E-state index contributed by atoms with van der Waals surface area (Å²) in [6, 6.07) is 5.48. The fourth-order valence-electron chi connectivity index (χ4n) is 2.84. The molecule has 3 rings (SSSR count). The largest absolute Gasteiger partial charge is 0.437 e. The van der Waals surface area contributed by atoms with Gasteiger partial charge in [-0.05, 0) is 37.1 Å². The van der Waals surface area contributed by atoms with Crippen molar-refractivity contribution < 1.29 is 13.6 Å². The van der Waals surface area contributed by atoms with Gasteiger partial charge >= 0.3 is 5.76 Å². The number of benzene rings is 1. The fourth-order valence-corrected chi connectivity index (χ4v) is 2.84. The van der Waals surface area contributed by atoms with Crippen LogP contribution in [0, 0.1) is 5.82 Å². The monoisotopic (exact) mass is 333 g/mol. The Kier molecular flexibility index (Phi) is 5.08. The van der Waals surface area contributed by atoms with Crippen molar-refractivity contribution in [1.29, 1.82) is 0 Å². The summed E-state index contributed by atoms with van der Waals surface area (Å²) in [6.45, 7) is 1.30. The minimum Gasteiger partial charge on any atom is -0.388 e. The number of halogens is 1. The Bertz CT molecular complexity index is 743. The minimum atomic E-state index is -0.685. The highest BCUT2D eigenvalue weighted by Gasteiger charge is 2.18. The predicted molar refractivity (Wildman–Crippen MR) is 85.8 cm³/mol. The zero-order valence-electron chi connectivity index (χ0n) is 13.4. The summed E-state index contributed by atoms with van der Waals surface area (Å²) >= 11 is 0. The molecule has 0 spiro atoms. The average Bonchev–Trinajstić information content (AvgIpc) is 2.88. The Morgan fingerprint density at radius 1 is 1.08 bits per heavy atom. The molecule has 24 heavy (non-hydrogen) atoms. The first kappa shape index (κ1) is 16.4. The van der Waals surface area contributed by atoms with E-state index in [2.05, 4.69) is 5.10 Å². The first-order valence-electron chi connectivity index (χ1n) is 8.25. The van der Waals surface area contributed by atoms with Crippen LogP contribution in [0.15, 0.2) is 33.5 Å². The van der Waals surface area contributed by atoms with E-state index in [0.717, 1.165) is 43.5 Å². The SMILES string of the molecule is O=C(Cn1nc(-c2ccc(F)cc2)oc1=O)N1CCCCCCC1. The number of carbonyl (C=O) groups is 1. The maximum atomic E-state index is 13.0. The third-order valence-electron chi connectivity index (χ3n) is 4.19. The molecule has 0 saturated carbocycles. The quantitative estimate of drug-likeness (QED) is 0.865. The van der Waals surface area contributed by atoms with Crippen LogP contribution in [0.3, 0.4) is 0 Å². The van der Waals surface area contributed by atoms with Crippen molar-refractivity contribution in [2.24, 2.45) is 0 Å². The van der Waals surface area contributed by atoms with Crippen molar-refractivity contribution in [3.63, 3.8) is 0 Å². The molecular formula is C17H20FN3O3. The van der Waals surface area contributed by atoms with Crippen LogP contribution in [0.5, 0.6) is 0 Å². The van der Waals surface area contributed by atoms with Crippen molar-refractivity contribution in [2.45, 2.75) is 38.6 Å². The standard InChI is InChI=1S/C17H20FN3O3/c18-14-8-6-13(7-9-14)16-19-21(17(23)24-16)12-15(22)20-10-4-2-1-3-5-11-20/h6-9H,1-5,10-12H2. The van der Waals surface area contributed by atoms with Crippen molar-refractivity contribution in [3.8, 4) is 11.5 Å². The Morgan fingerprint density at radius 2 is 1.71 bits per heavy atom.